The van der Waals surface area contributed by atoms with Crippen LogP contribution in [0.25, 0.3) is 6.08 Å². The Kier molecular flexibility index (Phi) is 5.16. The van der Waals surface area contributed by atoms with Gasteiger partial charge in [0.15, 0.2) is 0 Å². The van der Waals surface area contributed by atoms with Crippen LogP contribution in [0.1, 0.15) is 16.1 Å². The van der Waals surface area contributed by atoms with Gasteiger partial charge in [-0.3, -0.25) is 9.69 Å². The second kappa shape index (κ2) is 7.49. The number of benzene rings is 1. The van der Waals surface area contributed by atoms with Crippen LogP contribution < -0.4 is 0 Å². The van der Waals surface area contributed by atoms with E-state index in [1.165, 1.54) is 5.56 Å². The van der Waals surface area contributed by atoms with Gasteiger partial charge in [0.05, 0.1) is 5.02 Å². The van der Waals surface area contributed by atoms with Crippen LogP contribution in [-0.2, 0) is 0 Å². The van der Waals surface area contributed by atoms with Gasteiger partial charge in [-0.25, -0.2) is 0 Å². The van der Waals surface area contributed by atoms with Crippen LogP contribution >= 0.6 is 11.6 Å². The zero-order chi connectivity index (χ0) is 16.1. The number of piperazine rings is 1. The zero-order valence-corrected chi connectivity index (χ0v) is 13.7. The van der Waals surface area contributed by atoms with Crippen molar-refractivity contribution in [3.63, 3.8) is 0 Å². The van der Waals surface area contributed by atoms with Crippen molar-refractivity contribution in [3.05, 3.63) is 65.0 Å². The third kappa shape index (κ3) is 4.24. The molecule has 0 spiro atoms. The summed E-state index contributed by atoms with van der Waals surface area (Å²) in [4.78, 5) is 19.5. The molecule has 0 atom stereocenters. The minimum atomic E-state index is 0.0244. The smallest absolute Gasteiger partial charge is 0.270 e. The van der Waals surface area contributed by atoms with Gasteiger partial charge in [-0.1, -0.05) is 54.1 Å². The van der Waals surface area contributed by atoms with Crippen molar-refractivity contribution in [2.45, 2.75) is 0 Å². The maximum absolute atomic E-state index is 12.3. The first-order chi connectivity index (χ1) is 11.2. The minimum absolute atomic E-state index is 0.0244. The molecule has 2 aromatic rings. The zero-order valence-electron chi connectivity index (χ0n) is 12.9. The predicted molar refractivity (Wildman–Crippen MR) is 93.6 cm³/mol. The Hall–Kier alpha value is -2.04. The minimum Gasteiger partial charge on any atom is -0.356 e. The van der Waals surface area contributed by atoms with Crippen LogP contribution in [0.2, 0.25) is 5.02 Å². The summed E-state index contributed by atoms with van der Waals surface area (Å²) in [5, 5.41) is 0.568. The number of nitrogens with zero attached hydrogens (tertiary/aromatic N) is 2. The number of halogens is 1. The van der Waals surface area contributed by atoms with Crippen molar-refractivity contribution in [3.8, 4) is 0 Å². The van der Waals surface area contributed by atoms with Crippen LogP contribution in [0.5, 0.6) is 0 Å². The van der Waals surface area contributed by atoms with Crippen LogP contribution in [0, 0.1) is 0 Å². The van der Waals surface area contributed by atoms with Gasteiger partial charge in [0.1, 0.15) is 5.69 Å². The molecule has 1 N–H and O–H groups in total. The molecule has 4 nitrogen and oxygen atoms in total. The molecule has 1 saturated heterocycles. The number of hydrogen-bond donors (Lipinski definition) is 1. The first-order valence-electron chi connectivity index (χ1n) is 7.79. The number of carbonyl (C=O) groups is 1. The number of aromatic amines is 1. The van der Waals surface area contributed by atoms with Gasteiger partial charge >= 0.3 is 0 Å². The summed E-state index contributed by atoms with van der Waals surface area (Å²) in [5.41, 5.74) is 1.78. The van der Waals surface area contributed by atoms with Gasteiger partial charge in [0.2, 0.25) is 0 Å². The highest BCUT2D eigenvalue weighted by molar-refractivity contribution is 6.30. The Labute approximate surface area is 141 Å². The van der Waals surface area contributed by atoms with Gasteiger partial charge in [-0.2, -0.15) is 0 Å². The Bertz CT molecular complexity index is 673. The molecule has 1 fully saturated rings. The van der Waals surface area contributed by atoms with Crippen molar-refractivity contribution in [2.24, 2.45) is 0 Å². The van der Waals surface area contributed by atoms with E-state index in [1.807, 2.05) is 23.1 Å². The lowest BCUT2D eigenvalue weighted by Crippen LogP contribution is -2.48. The lowest BCUT2D eigenvalue weighted by molar-refractivity contribution is 0.0645. The van der Waals surface area contributed by atoms with Gasteiger partial charge in [0, 0.05) is 38.9 Å². The Morgan fingerprint density at radius 1 is 1.17 bits per heavy atom. The predicted octanol–water partition coefficient (Wildman–Crippen LogP) is 3.14. The lowest BCUT2D eigenvalue weighted by Gasteiger charge is -2.33. The van der Waals surface area contributed by atoms with Crippen LogP contribution in [0.15, 0.2) is 48.7 Å². The van der Waals surface area contributed by atoms with Crippen LogP contribution in [-0.4, -0.2) is 53.4 Å². The van der Waals surface area contributed by atoms with Crippen molar-refractivity contribution < 1.29 is 4.79 Å². The molecule has 1 aromatic heterocycles. The number of amides is 1. The number of rotatable bonds is 4. The number of nitrogens with one attached hydrogen (secondary N) is 1. The summed E-state index contributed by atoms with van der Waals surface area (Å²) in [6.45, 7) is 4.17. The molecule has 5 heteroatoms. The maximum Gasteiger partial charge on any atom is 0.270 e. The second-order valence-corrected chi connectivity index (χ2v) is 6.07. The fourth-order valence-corrected chi connectivity index (χ4v) is 2.86. The Morgan fingerprint density at radius 3 is 2.57 bits per heavy atom. The van der Waals surface area contributed by atoms with E-state index >= 15 is 0 Å². The molecule has 1 amide bonds. The second-order valence-electron chi connectivity index (χ2n) is 5.64. The molecule has 0 unspecified atom stereocenters. The molecule has 3 rings (SSSR count). The molecular weight excluding hydrogens is 310 g/mol. The number of H-pyrrole nitrogens is 1. The maximum atomic E-state index is 12.3. The van der Waals surface area contributed by atoms with Crippen molar-refractivity contribution in [1.29, 1.82) is 0 Å². The van der Waals surface area contributed by atoms with E-state index in [0.717, 1.165) is 32.7 Å². The SMILES string of the molecule is O=C(c1cc(Cl)c[nH]1)N1CCN(CC=Cc2ccccc2)CC1. The monoisotopic (exact) mass is 329 g/mol. The number of carbonyl (C=O) groups excluding carboxylic acids is 1. The molecule has 23 heavy (non-hydrogen) atoms. The van der Waals surface area contributed by atoms with Gasteiger partial charge in [-0.15, -0.1) is 0 Å². The third-order valence-electron chi connectivity index (χ3n) is 4.01. The highest BCUT2D eigenvalue weighted by Crippen LogP contribution is 2.13. The van der Waals surface area contributed by atoms with E-state index < -0.39 is 0 Å². The molecule has 0 aliphatic carbocycles. The standard InChI is InChI=1S/C18H20ClN3O/c19-16-13-17(20-14-16)18(23)22-11-9-21(10-12-22)8-4-7-15-5-2-1-3-6-15/h1-7,13-14,20H,8-12H2. The van der Waals surface area contributed by atoms with Gasteiger partial charge in [0.25, 0.3) is 5.91 Å². The molecule has 1 aliphatic rings. The summed E-state index contributed by atoms with van der Waals surface area (Å²) in [6.07, 6.45) is 5.95. The molecule has 1 aliphatic heterocycles. The molecule has 2 heterocycles. The molecule has 1 aromatic carbocycles. The molecule has 0 bridgehead atoms. The summed E-state index contributed by atoms with van der Waals surface area (Å²) in [7, 11) is 0. The Balaban J connectivity index is 1.47. The van der Waals surface area contributed by atoms with E-state index in [1.54, 1.807) is 12.3 Å². The summed E-state index contributed by atoms with van der Waals surface area (Å²) >= 11 is 5.86. The highest BCUT2D eigenvalue weighted by atomic mass is 35.5. The van der Waals surface area contributed by atoms with Gasteiger partial charge < -0.3 is 9.88 Å². The summed E-state index contributed by atoms with van der Waals surface area (Å²) in [6, 6.07) is 12.0. The Morgan fingerprint density at radius 2 is 1.91 bits per heavy atom. The number of aromatic nitrogens is 1. The normalized spacial score (nSPS) is 16.1. The average Bonchev–Trinajstić information content (AvgIpc) is 3.02. The lowest BCUT2D eigenvalue weighted by atomic mass is 10.2. The largest absolute Gasteiger partial charge is 0.356 e. The quantitative estimate of drug-likeness (QED) is 0.936. The molecule has 0 saturated carbocycles. The fourth-order valence-electron chi connectivity index (χ4n) is 2.70. The summed E-state index contributed by atoms with van der Waals surface area (Å²) in [5.74, 6) is 0.0244. The van der Waals surface area contributed by atoms with E-state index in [9.17, 15) is 4.79 Å². The first-order valence-corrected chi connectivity index (χ1v) is 8.17. The fraction of sp³-hybridized carbons (Fsp3) is 0.278. The van der Waals surface area contributed by atoms with E-state index in [2.05, 4.69) is 34.2 Å². The van der Waals surface area contributed by atoms with Crippen molar-refractivity contribution in [2.75, 3.05) is 32.7 Å². The van der Waals surface area contributed by atoms with E-state index in [-0.39, 0.29) is 5.91 Å². The summed E-state index contributed by atoms with van der Waals surface area (Å²) < 4.78 is 0. The van der Waals surface area contributed by atoms with Crippen LogP contribution in [0.3, 0.4) is 0 Å². The third-order valence-corrected chi connectivity index (χ3v) is 4.23. The highest BCUT2D eigenvalue weighted by Gasteiger charge is 2.22. The van der Waals surface area contributed by atoms with Crippen molar-refractivity contribution >= 4 is 23.6 Å². The van der Waals surface area contributed by atoms with Crippen molar-refractivity contribution in [1.82, 2.24) is 14.8 Å². The number of hydrogen-bond acceptors (Lipinski definition) is 2. The van der Waals surface area contributed by atoms with E-state index in [4.69, 9.17) is 11.6 Å². The molecular formula is C18H20ClN3O. The first kappa shape index (κ1) is 15.8. The average molecular weight is 330 g/mol. The topological polar surface area (TPSA) is 39.3 Å². The van der Waals surface area contributed by atoms with Crippen LogP contribution in [0.4, 0.5) is 0 Å². The molecule has 120 valence electrons. The van der Waals surface area contributed by atoms with E-state index in [0.29, 0.717) is 10.7 Å². The van der Waals surface area contributed by atoms with Gasteiger partial charge in [-0.05, 0) is 11.6 Å². The molecule has 0 radical (unpaired) electrons.